The molecule has 0 aliphatic rings. The van der Waals surface area contributed by atoms with Gasteiger partial charge >= 0.3 is 5.97 Å². The van der Waals surface area contributed by atoms with Crippen molar-refractivity contribution in [1.82, 2.24) is 10.1 Å². The summed E-state index contributed by atoms with van der Waals surface area (Å²) in [4.78, 5) is 16.2. The molecule has 0 spiro atoms. The van der Waals surface area contributed by atoms with E-state index in [1.807, 2.05) is 24.3 Å². The van der Waals surface area contributed by atoms with E-state index in [0.717, 1.165) is 11.1 Å². The lowest BCUT2D eigenvalue weighted by Gasteiger charge is -2.07. The van der Waals surface area contributed by atoms with Crippen LogP contribution < -0.4 is 4.74 Å². The SMILES string of the molecule is COc1ccccc1CC(=O)OCc1nc(-c2cccc(Cl)c2)no1. The number of methoxy groups -OCH3 is 1. The lowest BCUT2D eigenvalue weighted by molar-refractivity contribution is -0.144. The van der Waals surface area contributed by atoms with Crippen LogP contribution in [0.4, 0.5) is 0 Å². The minimum absolute atomic E-state index is 0.0957. The van der Waals surface area contributed by atoms with Gasteiger partial charge in [-0.1, -0.05) is 47.1 Å². The Kier molecular flexibility index (Phi) is 5.30. The van der Waals surface area contributed by atoms with Crippen molar-refractivity contribution in [1.29, 1.82) is 0 Å². The van der Waals surface area contributed by atoms with Gasteiger partial charge in [-0.3, -0.25) is 4.79 Å². The van der Waals surface area contributed by atoms with Gasteiger partial charge in [-0.2, -0.15) is 4.98 Å². The van der Waals surface area contributed by atoms with Crippen molar-refractivity contribution in [2.45, 2.75) is 13.0 Å². The molecule has 0 unspecified atom stereocenters. The highest BCUT2D eigenvalue weighted by Gasteiger charge is 2.13. The number of nitrogens with zero attached hydrogens (tertiary/aromatic N) is 2. The van der Waals surface area contributed by atoms with E-state index in [1.165, 1.54) is 0 Å². The summed E-state index contributed by atoms with van der Waals surface area (Å²) in [6, 6.07) is 14.4. The van der Waals surface area contributed by atoms with Gasteiger partial charge in [-0.05, 0) is 18.2 Å². The first-order chi connectivity index (χ1) is 12.2. The molecular weight excluding hydrogens is 344 g/mol. The van der Waals surface area contributed by atoms with E-state index in [2.05, 4.69) is 10.1 Å². The van der Waals surface area contributed by atoms with Crippen LogP contribution in [-0.4, -0.2) is 23.2 Å². The summed E-state index contributed by atoms with van der Waals surface area (Å²) in [5.41, 5.74) is 1.47. The Morgan fingerprint density at radius 3 is 2.84 bits per heavy atom. The summed E-state index contributed by atoms with van der Waals surface area (Å²) in [6.45, 7) is -0.0957. The average molecular weight is 359 g/mol. The molecule has 2 aromatic carbocycles. The first-order valence-electron chi connectivity index (χ1n) is 7.52. The third-order valence-corrected chi connectivity index (χ3v) is 3.67. The fraction of sp³-hybridized carbons (Fsp3) is 0.167. The Bertz CT molecular complexity index is 879. The Morgan fingerprint density at radius 2 is 2.04 bits per heavy atom. The van der Waals surface area contributed by atoms with Gasteiger partial charge in [0.2, 0.25) is 5.82 Å². The van der Waals surface area contributed by atoms with E-state index in [0.29, 0.717) is 16.6 Å². The van der Waals surface area contributed by atoms with E-state index < -0.39 is 5.97 Å². The van der Waals surface area contributed by atoms with E-state index in [9.17, 15) is 4.79 Å². The zero-order valence-corrected chi connectivity index (χ0v) is 14.2. The third-order valence-electron chi connectivity index (χ3n) is 3.43. The molecule has 0 saturated heterocycles. The fourth-order valence-electron chi connectivity index (χ4n) is 2.26. The molecule has 0 bridgehead atoms. The second kappa shape index (κ2) is 7.81. The molecule has 0 aliphatic heterocycles. The number of para-hydroxylation sites is 1. The standard InChI is InChI=1S/C18H15ClN2O4/c1-23-15-8-3-2-5-12(15)10-17(22)24-11-16-20-18(21-25-16)13-6-4-7-14(19)9-13/h2-9H,10-11H2,1H3. The van der Waals surface area contributed by atoms with Gasteiger partial charge in [-0.25, -0.2) is 0 Å². The van der Waals surface area contributed by atoms with Gasteiger partial charge in [0.1, 0.15) is 5.75 Å². The van der Waals surface area contributed by atoms with Gasteiger partial charge in [-0.15, -0.1) is 0 Å². The number of benzene rings is 2. The minimum Gasteiger partial charge on any atom is -0.496 e. The Labute approximate surface area is 149 Å². The molecular formula is C18H15ClN2O4. The molecule has 3 rings (SSSR count). The van der Waals surface area contributed by atoms with Crippen LogP contribution in [-0.2, 0) is 22.6 Å². The minimum atomic E-state index is -0.410. The topological polar surface area (TPSA) is 74.5 Å². The van der Waals surface area contributed by atoms with Crippen LogP contribution in [0.25, 0.3) is 11.4 Å². The number of halogens is 1. The monoisotopic (exact) mass is 358 g/mol. The smallest absolute Gasteiger partial charge is 0.310 e. The van der Waals surface area contributed by atoms with Crippen LogP contribution in [0.3, 0.4) is 0 Å². The lowest BCUT2D eigenvalue weighted by Crippen LogP contribution is -2.09. The molecule has 0 amide bonds. The number of carbonyl (C=O) groups is 1. The molecule has 0 radical (unpaired) electrons. The van der Waals surface area contributed by atoms with Crippen LogP contribution >= 0.6 is 11.6 Å². The van der Waals surface area contributed by atoms with Crippen molar-refractivity contribution in [3.8, 4) is 17.1 Å². The maximum absolute atomic E-state index is 12.0. The van der Waals surface area contributed by atoms with Crippen LogP contribution in [0.15, 0.2) is 53.1 Å². The number of hydrogen-bond acceptors (Lipinski definition) is 6. The first kappa shape index (κ1) is 17.0. The Hall–Kier alpha value is -2.86. The quantitative estimate of drug-likeness (QED) is 0.626. The summed E-state index contributed by atoms with van der Waals surface area (Å²) < 4.78 is 15.5. The zero-order chi connectivity index (χ0) is 17.6. The molecule has 128 valence electrons. The maximum Gasteiger partial charge on any atom is 0.310 e. The molecule has 0 aliphatic carbocycles. The molecule has 6 nitrogen and oxygen atoms in total. The summed E-state index contributed by atoms with van der Waals surface area (Å²) in [5, 5.41) is 4.44. The van der Waals surface area contributed by atoms with Crippen molar-refractivity contribution in [3.05, 3.63) is 65.0 Å². The largest absolute Gasteiger partial charge is 0.496 e. The van der Waals surface area contributed by atoms with Crippen molar-refractivity contribution < 1.29 is 18.8 Å². The molecule has 0 fully saturated rings. The molecule has 3 aromatic rings. The second-order valence-corrected chi connectivity index (χ2v) is 5.61. The number of aromatic nitrogens is 2. The molecule has 7 heteroatoms. The first-order valence-corrected chi connectivity index (χ1v) is 7.89. The highest BCUT2D eigenvalue weighted by Crippen LogP contribution is 2.21. The summed E-state index contributed by atoms with van der Waals surface area (Å²) in [5.74, 6) is 0.828. The summed E-state index contributed by atoms with van der Waals surface area (Å²) in [7, 11) is 1.56. The van der Waals surface area contributed by atoms with Crippen molar-refractivity contribution in [3.63, 3.8) is 0 Å². The van der Waals surface area contributed by atoms with Crippen LogP contribution in [0.1, 0.15) is 11.5 Å². The molecule has 0 saturated carbocycles. The predicted octanol–water partition coefficient (Wildman–Crippen LogP) is 3.68. The van der Waals surface area contributed by atoms with Gasteiger partial charge < -0.3 is 14.0 Å². The molecule has 1 heterocycles. The number of hydrogen-bond donors (Lipinski definition) is 0. The van der Waals surface area contributed by atoms with Crippen molar-refractivity contribution in [2.75, 3.05) is 7.11 Å². The van der Waals surface area contributed by atoms with Gasteiger partial charge in [0.25, 0.3) is 5.89 Å². The molecule has 0 atom stereocenters. The van der Waals surface area contributed by atoms with Crippen LogP contribution in [0.2, 0.25) is 5.02 Å². The lowest BCUT2D eigenvalue weighted by atomic mass is 10.1. The number of esters is 1. The molecule has 1 aromatic heterocycles. The average Bonchev–Trinajstić information content (AvgIpc) is 3.09. The predicted molar refractivity (Wildman–Crippen MR) is 91.2 cm³/mol. The van der Waals surface area contributed by atoms with Gasteiger partial charge in [0, 0.05) is 16.1 Å². The van der Waals surface area contributed by atoms with E-state index in [1.54, 1.807) is 31.4 Å². The number of carbonyl (C=O) groups excluding carboxylic acids is 1. The van der Waals surface area contributed by atoms with Crippen molar-refractivity contribution >= 4 is 17.6 Å². The van der Waals surface area contributed by atoms with E-state index in [4.69, 9.17) is 25.6 Å². The Morgan fingerprint density at radius 1 is 1.20 bits per heavy atom. The Balaban J connectivity index is 1.59. The van der Waals surface area contributed by atoms with E-state index in [-0.39, 0.29) is 18.9 Å². The molecule has 0 N–H and O–H groups in total. The number of ether oxygens (including phenoxy) is 2. The molecule has 25 heavy (non-hydrogen) atoms. The van der Waals surface area contributed by atoms with E-state index >= 15 is 0 Å². The fourth-order valence-corrected chi connectivity index (χ4v) is 2.45. The van der Waals surface area contributed by atoms with Crippen molar-refractivity contribution in [2.24, 2.45) is 0 Å². The van der Waals surface area contributed by atoms with Gasteiger partial charge in [0.15, 0.2) is 6.61 Å². The zero-order valence-electron chi connectivity index (χ0n) is 13.4. The number of rotatable bonds is 6. The third kappa shape index (κ3) is 4.36. The summed E-state index contributed by atoms with van der Waals surface area (Å²) >= 11 is 5.94. The maximum atomic E-state index is 12.0. The van der Waals surface area contributed by atoms with Crippen LogP contribution in [0.5, 0.6) is 5.75 Å². The summed E-state index contributed by atoms with van der Waals surface area (Å²) in [6.07, 6.45) is 0.0965. The van der Waals surface area contributed by atoms with Gasteiger partial charge in [0.05, 0.1) is 13.5 Å². The van der Waals surface area contributed by atoms with Crippen LogP contribution in [0, 0.1) is 0 Å². The highest BCUT2D eigenvalue weighted by molar-refractivity contribution is 6.30. The second-order valence-electron chi connectivity index (χ2n) is 5.17. The normalized spacial score (nSPS) is 10.5. The highest BCUT2D eigenvalue weighted by atomic mass is 35.5.